The predicted octanol–water partition coefficient (Wildman–Crippen LogP) is 5.37. The van der Waals surface area contributed by atoms with Gasteiger partial charge in [0.25, 0.3) is 0 Å². The van der Waals surface area contributed by atoms with E-state index in [1.165, 1.54) is 44.9 Å². The van der Waals surface area contributed by atoms with Gasteiger partial charge in [-0.05, 0) is 24.6 Å². The summed E-state index contributed by atoms with van der Waals surface area (Å²) in [6.45, 7) is 3.21. The molecule has 3 heteroatoms. The maximum absolute atomic E-state index is 8.79. The van der Waals surface area contributed by atoms with Crippen molar-refractivity contribution >= 4 is 17.3 Å². The lowest BCUT2D eigenvalue weighted by atomic mass is 10.1. The van der Waals surface area contributed by atoms with Gasteiger partial charge in [-0.2, -0.15) is 5.26 Å². The number of rotatable bonds is 9. The monoisotopic (exact) mass is 278 g/mol. The number of hydrogen-bond acceptors (Lipinski definition) is 2. The van der Waals surface area contributed by atoms with Crippen LogP contribution in [0.3, 0.4) is 0 Å². The van der Waals surface area contributed by atoms with Crippen LogP contribution in [0.25, 0.3) is 0 Å². The minimum absolute atomic E-state index is 0.520. The first kappa shape index (κ1) is 15.9. The van der Waals surface area contributed by atoms with Crippen LogP contribution in [0, 0.1) is 11.3 Å². The summed E-state index contributed by atoms with van der Waals surface area (Å²) in [5.74, 6) is 0. The zero-order valence-corrected chi connectivity index (χ0v) is 12.5. The molecule has 0 fully saturated rings. The van der Waals surface area contributed by atoms with E-state index in [0.29, 0.717) is 10.6 Å². The molecule has 1 N–H and O–H groups in total. The lowest BCUT2D eigenvalue weighted by Gasteiger charge is -2.07. The molecule has 1 aromatic rings. The van der Waals surface area contributed by atoms with Crippen LogP contribution >= 0.6 is 11.6 Å². The van der Waals surface area contributed by atoms with Crippen molar-refractivity contribution in [2.45, 2.75) is 51.9 Å². The topological polar surface area (TPSA) is 35.8 Å². The molecule has 0 spiro atoms. The summed E-state index contributed by atoms with van der Waals surface area (Å²) < 4.78 is 0. The van der Waals surface area contributed by atoms with Crippen molar-refractivity contribution in [3.8, 4) is 6.07 Å². The second-order valence-electron chi connectivity index (χ2n) is 4.85. The van der Waals surface area contributed by atoms with Gasteiger partial charge < -0.3 is 5.32 Å². The lowest BCUT2D eigenvalue weighted by molar-refractivity contribution is 0.596. The van der Waals surface area contributed by atoms with Gasteiger partial charge in [0.1, 0.15) is 6.07 Å². The molecule has 0 aliphatic heterocycles. The summed E-state index contributed by atoms with van der Waals surface area (Å²) in [5.41, 5.74) is 1.53. The van der Waals surface area contributed by atoms with Crippen LogP contribution in [0.1, 0.15) is 57.4 Å². The van der Waals surface area contributed by atoms with Gasteiger partial charge in [0.05, 0.1) is 10.6 Å². The van der Waals surface area contributed by atoms with E-state index in [-0.39, 0.29) is 0 Å². The van der Waals surface area contributed by atoms with Crippen LogP contribution in [-0.4, -0.2) is 6.54 Å². The van der Waals surface area contributed by atoms with Crippen LogP contribution in [0.4, 0.5) is 5.69 Å². The Morgan fingerprint density at radius 2 is 1.79 bits per heavy atom. The van der Waals surface area contributed by atoms with Gasteiger partial charge >= 0.3 is 0 Å². The van der Waals surface area contributed by atoms with Gasteiger partial charge in [0.15, 0.2) is 0 Å². The number of nitrogens with one attached hydrogen (secondary N) is 1. The molecule has 0 unspecified atom stereocenters. The van der Waals surface area contributed by atoms with Gasteiger partial charge in [-0.25, -0.2) is 0 Å². The average molecular weight is 279 g/mol. The minimum Gasteiger partial charge on any atom is -0.385 e. The van der Waals surface area contributed by atoms with Crippen LogP contribution in [-0.2, 0) is 0 Å². The van der Waals surface area contributed by atoms with Crippen molar-refractivity contribution in [2.24, 2.45) is 0 Å². The van der Waals surface area contributed by atoms with Crippen LogP contribution in [0.15, 0.2) is 18.2 Å². The van der Waals surface area contributed by atoms with Crippen molar-refractivity contribution in [1.29, 1.82) is 5.26 Å². The quantitative estimate of drug-likeness (QED) is 0.616. The molecule has 2 nitrogen and oxygen atoms in total. The summed E-state index contributed by atoms with van der Waals surface area (Å²) in [4.78, 5) is 0. The molecule has 1 aromatic carbocycles. The van der Waals surface area contributed by atoms with Gasteiger partial charge in [0.2, 0.25) is 0 Å². The fraction of sp³-hybridized carbons (Fsp3) is 0.562. The Morgan fingerprint density at radius 3 is 2.42 bits per heavy atom. The third kappa shape index (κ3) is 6.50. The molecular formula is C16H23ClN2. The predicted molar refractivity (Wildman–Crippen MR) is 82.6 cm³/mol. The Hall–Kier alpha value is -1.20. The van der Waals surface area contributed by atoms with Crippen molar-refractivity contribution in [2.75, 3.05) is 11.9 Å². The molecule has 19 heavy (non-hydrogen) atoms. The third-order valence-electron chi connectivity index (χ3n) is 3.20. The maximum atomic E-state index is 8.79. The van der Waals surface area contributed by atoms with E-state index in [2.05, 4.69) is 18.3 Å². The number of unbranched alkanes of at least 4 members (excludes halogenated alkanes) is 6. The van der Waals surface area contributed by atoms with Crippen molar-refractivity contribution in [3.63, 3.8) is 0 Å². The number of benzene rings is 1. The fourth-order valence-corrected chi connectivity index (χ4v) is 2.25. The highest BCUT2D eigenvalue weighted by Crippen LogP contribution is 2.20. The highest BCUT2D eigenvalue weighted by Gasteiger charge is 2.00. The molecule has 0 bridgehead atoms. The lowest BCUT2D eigenvalue weighted by Crippen LogP contribution is -2.01. The van der Waals surface area contributed by atoms with E-state index in [4.69, 9.17) is 16.9 Å². The van der Waals surface area contributed by atoms with Gasteiger partial charge in [-0.3, -0.25) is 0 Å². The zero-order chi connectivity index (χ0) is 13.9. The second-order valence-corrected chi connectivity index (χ2v) is 5.26. The third-order valence-corrected chi connectivity index (χ3v) is 3.51. The Kier molecular flexibility index (Phi) is 8.09. The van der Waals surface area contributed by atoms with Crippen molar-refractivity contribution in [1.82, 2.24) is 0 Å². The molecule has 0 radical (unpaired) electrons. The smallest absolute Gasteiger partial charge is 0.101 e. The molecule has 0 amide bonds. The number of anilines is 1. The van der Waals surface area contributed by atoms with E-state index in [9.17, 15) is 0 Å². The number of nitriles is 1. The Morgan fingerprint density at radius 1 is 1.11 bits per heavy atom. The Balaban J connectivity index is 2.13. The standard InChI is InChI=1S/C16H23ClN2/c1-2-3-4-5-6-7-8-11-19-15-10-9-14(13-18)16(17)12-15/h9-10,12,19H,2-8,11H2,1H3. The van der Waals surface area contributed by atoms with E-state index >= 15 is 0 Å². The van der Waals surface area contributed by atoms with Gasteiger partial charge in [0, 0.05) is 12.2 Å². The Labute approximate surface area is 121 Å². The highest BCUT2D eigenvalue weighted by atomic mass is 35.5. The molecule has 0 aromatic heterocycles. The number of hydrogen-bond donors (Lipinski definition) is 1. The largest absolute Gasteiger partial charge is 0.385 e. The van der Waals surface area contributed by atoms with Gasteiger partial charge in [-0.15, -0.1) is 0 Å². The molecule has 0 saturated carbocycles. The van der Waals surface area contributed by atoms with Gasteiger partial charge in [-0.1, -0.05) is 57.0 Å². The van der Waals surface area contributed by atoms with E-state index < -0.39 is 0 Å². The van der Waals surface area contributed by atoms with Crippen LogP contribution in [0.2, 0.25) is 5.02 Å². The molecular weight excluding hydrogens is 256 g/mol. The summed E-state index contributed by atoms with van der Waals surface area (Å²) in [5, 5.41) is 12.7. The molecule has 0 saturated heterocycles. The number of nitrogens with zero attached hydrogens (tertiary/aromatic N) is 1. The first-order chi connectivity index (χ1) is 9.27. The molecule has 1 rings (SSSR count). The second kappa shape index (κ2) is 9.69. The van der Waals surface area contributed by atoms with Crippen LogP contribution in [0.5, 0.6) is 0 Å². The molecule has 104 valence electrons. The van der Waals surface area contributed by atoms with Crippen molar-refractivity contribution in [3.05, 3.63) is 28.8 Å². The molecule has 0 heterocycles. The Bertz CT molecular complexity index is 410. The van der Waals surface area contributed by atoms with E-state index in [0.717, 1.165) is 12.2 Å². The first-order valence-electron chi connectivity index (χ1n) is 7.21. The molecule has 0 atom stereocenters. The SMILES string of the molecule is CCCCCCCCCNc1ccc(C#N)c(Cl)c1. The summed E-state index contributed by atoms with van der Waals surface area (Å²) in [6.07, 6.45) is 9.19. The summed E-state index contributed by atoms with van der Waals surface area (Å²) in [7, 11) is 0. The first-order valence-corrected chi connectivity index (χ1v) is 7.59. The molecule has 0 aliphatic rings. The molecule has 0 aliphatic carbocycles. The summed E-state index contributed by atoms with van der Waals surface area (Å²) >= 11 is 5.98. The summed E-state index contributed by atoms with van der Waals surface area (Å²) in [6, 6.07) is 7.55. The van der Waals surface area contributed by atoms with Crippen molar-refractivity contribution < 1.29 is 0 Å². The number of halogens is 1. The normalized spacial score (nSPS) is 10.2. The fourth-order valence-electron chi connectivity index (χ4n) is 2.03. The minimum atomic E-state index is 0.520. The zero-order valence-electron chi connectivity index (χ0n) is 11.7. The van der Waals surface area contributed by atoms with E-state index in [1.807, 2.05) is 12.1 Å². The highest BCUT2D eigenvalue weighted by molar-refractivity contribution is 6.32. The average Bonchev–Trinajstić information content (AvgIpc) is 2.42. The van der Waals surface area contributed by atoms with Crippen LogP contribution < -0.4 is 5.32 Å². The maximum Gasteiger partial charge on any atom is 0.101 e. The van der Waals surface area contributed by atoms with E-state index in [1.54, 1.807) is 6.07 Å².